The highest BCUT2D eigenvalue weighted by Gasteiger charge is 2.58. The van der Waals surface area contributed by atoms with Gasteiger partial charge >= 0.3 is 0 Å². The minimum Gasteiger partial charge on any atom is -0.299 e. The lowest BCUT2D eigenvalue weighted by Crippen LogP contribution is -2.50. The summed E-state index contributed by atoms with van der Waals surface area (Å²) in [6.45, 7) is 4.43. The number of fused-ring (bicyclic) bond motifs is 5. The van der Waals surface area contributed by atoms with Crippen LogP contribution in [0.3, 0.4) is 0 Å². The maximum atomic E-state index is 12.4. The fourth-order valence-electron chi connectivity index (χ4n) is 6.11. The van der Waals surface area contributed by atoms with Gasteiger partial charge in [-0.05, 0) is 67.7 Å². The average molecular weight is 287 g/mol. The van der Waals surface area contributed by atoms with Crippen LogP contribution in [0.15, 0.2) is 11.6 Å². The van der Waals surface area contributed by atoms with E-state index in [-0.39, 0.29) is 23.0 Å². The Morgan fingerprint density at radius 3 is 2.62 bits per heavy atom. The number of hydrogen-bond acceptors (Lipinski definition) is 2. The number of Topliss-reactive ketones (excluding diaryl/α,β-unsaturated/α-hetero) is 1. The molecule has 0 heterocycles. The van der Waals surface area contributed by atoms with E-state index in [1.165, 1.54) is 5.57 Å². The van der Waals surface area contributed by atoms with Gasteiger partial charge in [-0.2, -0.15) is 0 Å². The molecule has 0 N–H and O–H groups in total. The molecule has 0 bridgehead atoms. The minimum absolute atomic E-state index is 0.0965. The zero-order valence-electron chi connectivity index (χ0n) is 14.2. The van der Waals surface area contributed by atoms with Crippen molar-refractivity contribution in [3.8, 4) is 0 Å². The van der Waals surface area contributed by atoms with Gasteiger partial charge < -0.3 is 0 Å². The lowest BCUT2D eigenvalue weighted by atomic mass is 9.47. The summed E-state index contributed by atoms with van der Waals surface area (Å²) < 4.78 is 8.60. The Bertz CT molecular complexity index is 580. The van der Waals surface area contributed by atoms with Crippen molar-refractivity contribution in [3.63, 3.8) is 0 Å². The van der Waals surface area contributed by atoms with Gasteiger partial charge in [0.25, 0.3) is 0 Å². The third-order valence-corrected chi connectivity index (χ3v) is 7.42. The van der Waals surface area contributed by atoms with Crippen molar-refractivity contribution in [2.24, 2.45) is 28.6 Å². The van der Waals surface area contributed by atoms with E-state index in [9.17, 15) is 9.59 Å². The summed E-state index contributed by atoms with van der Waals surface area (Å²) in [6, 6.07) is 0. The normalized spacial score (nSPS) is 53.4. The second-order valence-corrected chi connectivity index (χ2v) is 8.16. The molecule has 0 aliphatic heterocycles. The molecule has 0 aromatic rings. The first kappa shape index (κ1) is 12.6. The molecule has 2 nitrogen and oxygen atoms in total. The Labute approximate surface area is 128 Å². The molecular formula is C19H26O2. The second-order valence-electron chi connectivity index (χ2n) is 8.16. The molecule has 114 valence electrons. The predicted molar refractivity (Wildman–Crippen MR) is 81.7 cm³/mol. The summed E-state index contributed by atoms with van der Waals surface area (Å²) in [4.78, 5) is 24.2. The van der Waals surface area contributed by atoms with E-state index in [1.807, 2.05) is 6.08 Å². The summed E-state index contributed by atoms with van der Waals surface area (Å²) in [5.74, 6) is 2.20. The first-order valence-corrected chi connectivity index (χ1v) is 8.57. The molecule has 0 radical (unpaired) electrons. The van der Waals surface area contributed by atoms with Crippen molar-refractivity contribution in [1.29, 1.82) is 0 Å². The van der Waals surface area contributed by atoms with Gasteiger partial charge in [-0.1, -0.05) is 19.4 Å². The third-order valence-electron chi connectivity index (χ3n) is 7.42. The van der Waals surface area contributed by atoms with Gasteiger partial charge in [-0.3, -0.25) is 9.59 Å². The lowest BCUT2D eigenvalue weighted by Gasteiger charge is -2.56. The van der Waals surface area contributed by atoms with Crippen molar-refractivity contribution in [3.05, 3.63) is 11.6 Å². The topological polar surface area (TPSA) is 34.1 Å². The van der Waals surface area contributed by atoms with Gasteiger partial charge in [0.2, 0.25) is 0 Å². The van der Waals surface area contributed by atoms with Crippen LogP contribution in [0.4, 0.5) is 0 Å². The molecule has 0 amide bonds. The van der Waals surface area contributed by atoms with Crippen LogP contribution in [0.1, 0.15) is 66.6 Å². The summed E-state index contributed by atoms with van der Waals surface area (Å²) >= 11 is 0. The molecule has 0 saturated heterocycles. The quantitative estimate of drug-likeness (QED) is 0.672. The van der Waals surface area contributed by atoms with Gasteiger partial charge in [0, 0.05) is 19.6 Å². The largest absolute Gasteiger partial charge is 0.299 e. The molecule has 3 saturated carbocycles. The molecule has 3 fully saturated rings. The van der Waals surface area contributed by atoms with E-state index in [2.05, 4.69) is 13.8 Å². The number of rotatable bonds is 0. The molecule has 0 aromatic carbocycles. The van der Waals surface area contributed by atoms with Crippen LogP contribution >= 0.6 is 0 Å². The summed E-state index contributed by atoms with van der Waals surface area (Å²) in [7, 11) is 0. The average Bonchev–Trinajstić information content (AvgIpc) is 2.77. The molecule has 4 rings (SSSR count). The maximum absolute atomic E-state index is 12.4. The fraction of sp³-hybridized carbons (Fsp3) is 0.789. The van der Waals surface area contributed by atoms with Crippen molar-refractivity contribution in [2.75, 3.05) is 0 Å². The first-order chi connectivity index (χ1) is 10.4. The van der Waals surface area contributed by atoms with Gasteiger partial charge in [-0.25, -0.2) is 0 Å². The highest BCUT2D eigenvalue weighted by atomic mass is 16.1. The summed E-state index contributed by atoms with van der Waals surface area (Å²) in [6.07, 6.45) is 7.86. The lowest BCUT2D eigenvalue weighted by molar-refractivity contribution is -0.132. The minimum atomic E-state index is -0.297. The summed E-state index contributed by atoms with van der Waals surface area (Å²) in [5.41, 5.74) is 1.00. The van der Waals surface area contributed by atoms with Gasteiger partial charge in [0.1, 0.15) is 5.78 Å². The van der Waals surface area contributed by atoms with Crippen molar-refractivity contribution in [2.45, 2.75) is 65.2 Å². The maximum Gasteiger partial charge on any atom is 0.155 e. The SMILES string of the molecule is [2H]C1CC(=O)C=C2CC[C@H]3[C@@H]4CCC(=O)[C@@]4(C)CC[C@@H]3[C@]21C. The van der Waals surface area contributed by atoms with Gasteiger partial charge in [0.05, 0.1) is 0 Å². The molecule has 4 aliphatic carbocycles. The molecular weight excluding hydrogens is 260 g/mol. The molecule has 2 heteroatoms. The van der Waals surface area contributed by atoms with Crippen LogP contribution in [0.2, 0.25) is 0 Å². The molecule has 4 aliphatic rings. The van der Waals surface area contributed by atoms with Crippen molar-refractivity contribution < 1.29 is 11.0 Å². The van der Waals surface area contributed by atoms with Gasteiger partial charge in [0.15, 0.2) is 5.78 Å². The highest BCUT2D eigenvalue weighted by molar-refractivity contribution is 5.91. The van der Waals surface area contributed by atoms with E-state index in [4.69, 9.17) is 1.37 Å². The van der Waals surface area contributed by atoms with Crippen LogP contribution in [-0.4, -0.2) is 11.6 Å². The second kappa shape index (κ2) is 4.30. The van der Waals surface area contributed by atoms with Crippen molar-refractivity contribution in [1.82, 2.24) is 0 Å². The zero-order chi connectivity index (χ0) is 15.7. The van der Waals surface area contributed by atoms with E-state index in [0.717, 1.165) is 38.5 Å². The molecule has 0 spiro atoms. The number of allylic oxidation sites excluding steroid dienone is 1. The Hall–Kier alpha value is -0.920. The Balaban J connectivity index is 1.73. The fourth-order valence-corrected chi connectivity index (χ4v) is 6.11. The van der Waals surface area contributed by atoms with Crippen LogP contribution < -0.4 is 0 Å². The Morgan fingerprint density at radius 1 is 1.05 bits per heavy atom. The number of hydrogen-bond donors (Lipinski definition) is 0. The van der Waals surface area contributed by atoms with E-state index in [1.54, 1.807) is 0 Å². The zero-order valence-corrected chi connectivity index (χ0v) is 13.2. The van der Waals surface area contributed by atoms with E-state index < -0.39 is 0 Å². The Morgan fingerprint density at radius 2 is 1.81 bits per heavy atom. The third kappa shape index (κ3) is 1.71. The molecule has 1 unspecified atom stereocenters. The van der Waals surface area contributed by atoms with Crippen LogP contribution in [-0.2, 0) is 9.59 Å². The Kier molecular flexibility index (Phi) is 2.58. The molecule has 21 heavy (non-hydrogen) atoms. The molecule has 0 aromatic heterocycles. The highest BCUT2D eigenvalue weighted by Crippen LogP contribution is 2.64. The monoisotopic (exact) mass is 287 g/mol. The van der Waals surface area contributed by atoms with Crippen LogP contribution in [0, 0.1) is 28.6 Å². The standard InChI is InChI=1S/C19H26O2/c1-18-9-7-13(20)11-12(18)3-4-14-15-5-6-17(21)19(15,2)10-8-16(14)18/h11,14-16H,3-10H2,1-2H3/t14-,15-,16-,18-,19-/m0/s1/i9D/t9?,14-,15-,16-,18-,19-. The predicted octanol–water partition coefficient (Wildman–Crippen LogP) is 4.09. The number of carbonyl (C=O) groups excluding carboxylic acids is 2. The van der Waals surface area contributed by atoms with Crippen molar-refractivity contribution >= 4 is 11.6 Å². The van der Waals surface area contributed by atoms with Gasteiger partial charge in [-0.15, -0.1) is 0 Å². The van der Waals surface area contributed by atoms with E-state index in [0.29, 0.717) is 30.0 Å². The molecule has 6 atom stereocenters. The van der Waals surface area contributed by atoms with Crippen LogP contribution in [0.5, 0.6) is 0 Å². The smallest absolute Gasteiger partial charge is 0.155 e. The van der Waals surface area contributed by atoms with Crippen LogP contribution in [0.25, 0.3) is 0 Å². The number of ketones is 2. The number of carbonyl (C=O) groups is 2. The first-order valence-electron chi connectivity index (χ1n) is 9.14. The summed E-state index contributed by atoms with van der Waals surface area (Å²) in [5, 5.41) is 0. The van der Waals surface area contributed by atoms with E-state index >= 15 is 0 Å².